The van der Waals surface area contributed by atoms with Crippen LogP contribution in [0, 0.1) is 16.2 Å². The zero-order valence-electron chi connectivity index (χ0n) is 64.4. The van der Waals surface area contributed by atoms with Gasteiger partial charge in [-0.3, -0.25) is 14.4 Å². The van der Waals surface area contributed by atoms with Gasteiger partial charge in [0.05, 0.1) is 56.2 Å². The number of benzene rings is 7. The Bertz CT molecular complexity index is 4350. The molecule has 3 fully saturated rings. The van der Waals surface area contributed by atoms with Gasteiger partial charge in [0, 0.05) is 6.54 Å². The fourth-order valence-corrected chi connectivity index (χ4v) is 11.8. The van der Waals surface area contributed by atoms with Gasteiger partial charge in [0.15, 0.2) is 55.5 Å². The van der Waals surface area contributed by atoms with Gasteiger partial charge < -0.3 is 86.2 Å². The minimum Gasteiger partial charge on any atom is -0.462 e. The zero-order valence-corrected chi connectivity index (χ0v) is 64.4. The van der Waals surface area contributed by atoms with Crippen LogP contribution in [0.3, 0.4) is 0 Å². The van der Waals surface area contributed by atoms with Crippen molar-refractivity contribution >= 4 is 59.8 Å². The molecule has 7 aromatic rings. The van der Waals surface area contributed by atoms with Crippen LogP contribution in [0.25, 0.3) is 0 Å². The Labute approximate surface area is 659 Å². The number of alkyl carbamates (subject to hydrolysis) is 1. The molecule has 1 amide bonds. The molecule has 2 N–H and O–H groups in total. The van der Waals surface area contributed by atoms with Crippen molar-refractivity contribution in [3.05, 3.63) is 251 Å². The molecule has 0 unspecified atom stereocenters. The Morgan fingerprint density at radius 3 is 0.947 bits per heavy atom. The smallest absolute Gasteiger partial charge is 0.407 e. The first-order chi connectivity index (χ1) is 54.5. The summed E-state index contributed by atoms with van der Waals surface area (Å²) in [5, 5.41) is 14.9. The second-order valence-corrected chi connectivity index (χ2v) is 30.0. The second kappa shape index (κ2) is 39.5. The van der Waals surface area contributed by atoms with Gasteiger partial charge in [0.2, 0.25) is 0 Å². The number of aliphatic hydroxyl groups excluding tert-OH is 1. The van der Waals surface area contributed by atoms with Gasteiger partial charge in [-0.15, -0.1) is 0 Å². The molecule has 0 saturated carbocycles. The number of ether oxygens (including phenoxy) is 16. The molecule has 28 nitrogen and oxygen atoms in total. The maximum atomic E-state index is 15.1. The van der Waals surface area contributed by atoms with Crippen LogP contribution in [0.2, 0.25) is 0 Å². The van der Waals surface area contributed by atoms with Crippen molar-refractivity contribution < 1.29 is 129 Å². The maximum Gasteiger partial charge on any atom is 0.407 e. The van der Waals surface area contributed by atoms with Crippen LogP contribution in [0.4, 0.5) is 4.79 Å². The number of nitrogens with one attached hydrogen (secondary N) is 1. The summed E-state index contributed by atoms with van der Waals surface area (Å²) >= 11 is 0. The van der Waals surface area contributed by atoms with E-state index in [0.717, 1.165) is 5.56 Å². The standard InChI is InChI=1S/C86H93NO27/c1-84(2,3)80(95)100-49-59(88)62-65(106-71(89)53-34-19-11-20-35-53)69(110-75(93)57-42-27-15-28-43-57)78(112-62)104-61(51-102-82(97)86(7,8)9)64-67(108-73(91)55-38-23-13-24-39-55)70(111-76(94)58-44-29-16-30-45-58)79(114-64)105-60(50-101-81(96)85(4,5)6)63-66(107-72(90)54-36-21-12-22-37-54)68(109-74(92)56-40-25-14-26-41-56)77(113-63)99-47-31-46-87-83(98)103-48-52-32-17-10-18-33-52/h10-30,32-45,59-70,77-79,88H,31,46-51H2,1-9H3,(H,87,98)/t59-,60+,61+,62+,63-,64-,65-,66-,67+,68+,69+,70-,77-,78+,79-/m0/s1. The average Bonchev–Trinajstić information content (AvgIpc) is 1.62. The van der Waals surface area contributed by atoms with Gasteiger partial charge in [0.1, 0.15) is 63.1 Å². The van der Waals surface area contributed by atoms with Crippen molar-refractivity contribution in [1.82, 2.24) is 5.32 Å². The lowest BCUT2D eigenvalue weighted by molar-refractivity contribution is -0.263. The second-order valence-electron chi connectivity index (χ2n) is 30.0. The molecule has 3 aliphatic rings. The molecule has 0 spiro atoms. The lowest BCUT2D eigenvalue weighted by atomic mass is 9.97. The van der Waals surface area contributed by atoms with E-state index in [4.69, 9.17) is 75.8 Å². The minimum atomic E-state index is -2.16. The summed E-state index contributed by atoms with van der Waals surface area (Å²) < 4.78 is 102. The van der Waals surface area contributed by atoms with Crippen LogP contribution in [-0.4, -0.2) is 190 Å². The van der Waals surface area contributed by atoms with Gasteiger partial charge >= 0.3 is 59.8 Å². The molecule has 114 heavy (non-hydrogen) atoms. The lowest BCUT2D eigenvalue weighted by Gasteiger charge is -2.32. The predicted molar refractivity (Wildman–Crippen MR) is 402 cm³/mol. The Balaban J connectivity index is 1.11. The number of esters is 9. The first-order valence-electron chi connectivity index (χ1n) is 37.1. The van der Waals surface area contributed by atoms with Crippen LogP contribution in [0.5, 0.6) is 0 Å². The lowest BCUT2D eigenvalue weighted by Crippen LogP contribution is -2.50. The fourth-order valence-electron chi connectivity index (χ4n) is 11.8. The molecule has 0 radical (unpaired) electrons. The highest BCUT2D eigenvalue weighted by Crippen LogP contribution is 2.41. The molecule has 3 saturated heterocycles. The normalized spacial score (nSPS) is 22.1. The van der Waals surface area contributed by atoms with Gasteiger partial charge in [-0.05, 0) is 147 Å². The number of carbonyl (C=O) groups is 10. The van der Waals surface area contributed by atoms with E-state index in [1.807, 2.05) is 6.07 Å². The molecular formula is C86H93NO27. The van der Waals surface area contributed by atoms with Crippen molar-refractivity contribution in [3.8, 4) is 0 Å². The SMILES string of the molecule is CC(C)(C)C(=O)OC[C@H](O)[C@H]1O[C@@H](O[C@H](COC(=O)C(C)(C)C)[C@@H]2O[C@H](O[C@H](COC(=O)C(C)(C)C)[C@@H]3O[C@H](OCCCNC(=O)OCc4ccccc4)[C@H](OC(=O)c4ccccc4)[C@H]3OC(=O)c3ccccc3)[C@@H](OC(=O)c3ccccc3)[C@@H]2OC(=O)c2ccccc2)[C@H](OC(=O)c2ccccc2)[C@H]1OC(=O)c1ccccc1. The van der Waals surface area contributed by atoms with Gasteiger partial charge in [-0.25, -0.2) is 33.6 Å². The topological polar surface area (TPSA) is 351 Å². The fraction of sp³-hybridized carbons (Fsp3) is 0.395. The number of rotatable bonds is 32. The van der Waals surface area contributed by atoms with Gasteiger partial charge in [-0.1, -0.05) is 140 Å². The van der Waals surface area contributed by atoms with E-state index in [2.05, 4.69) is 5.32 Å². The molecule has 15 atom stereocenters. The third kappa shape index (κ3) is 23.5. The number of carbonyl (C=O) groups excluding carboxylic acids is 10. The molecular weight excluding hydrogens is 1480 g/mol. The Morgan fingerprint density at radius 2 is 0.623 bits per heavy atom. The van der Waals surface area contributed by atoms with Crippen LogP contribution in [0.15, 0.2) is 212 Å². The highest BCUT2D eigenvalue weighted by molar-refractivity contribution is 5.93. The Morgan fingerprint density at radius 1 is 0.351 bits per heavy atom. The molecule has 28 heteroatoms. The van der Waals surface area contributed by atoms with E-state index >= 15 is 9.59 Å². The predicted octanol–water partition coefficient (Wildman–Crippen LogP) is 10.7. The summed E-state index contributed by atoms with van der Waals surface area (Å²) in [4.78, 5) is 143. The van der Waals surface area contributed by atoms with E-state index in [9.17, 15) is 43.5 Å². The first kappa shape index (κ1) is 85.2. The maximum absolute atomic E-state index is 15.1. The third-order valence-corrected chi connectivity index (χ3v) is 17.9. The van der Waals surface area contributed by atoms with Crippen LogP contribution >= 0.6 is 0 Å². The van der Waals surface area contributed by atoms with Crippen molar-refractivity contribution in [1.29, 1.82) is 0 Å². The van der Waals surface area contributed by atoms with Crippen molar-refractivity contribution in [3.63, 3.8) is 0 Å². The molecule has 0 bridgehead atoms. The largest absolute Gasteiger partial charge is 0.462 e. The van der Waals surface area contributed by atoms with Crippen LogP contribution in [-0.2, 0) is 96.8 Å². The molecule has 7 aromatic carbocycles. The summed E-state index contributed by atoms with van der Waals surface area (Å²) in [5.41, 5.74) is -3.01. The molecule has 604 valence electrons. The molecule has 0 aliphatic carbocycles. The average molecular weight is 1570 g/mol. The summed E-state index contributed by atoms with van der Waals surface area (Å²) in [5.74, 6) is -8.63. The number of amides is 1. The first-order valence-corrected chi connectivity index (χ1v) is 37.1. The van der Waals surface area contributed by atoms with Crippen LogP contribution in [0.1, 0.15) is 136 Å². The molecule has 0 aromatic heterocycles. The number of aliphatic hydroxyl groups is 1. The van der Waals surface area contributed by atoms with E-state index in [0.29, 0.717) is 0 Å². The van der Waals surface area contributed by atoms with Crippen molar-refractivity contribution in [2.24, 2.45) is 16.2 Å². The van der Waals surface area contributed by atoms with E-state index in [-0.39, 0.29) is 59.6 Å². The monoisotopic (exact) mass is 1570 g/mol. The summed E-state index contributed by atoms with van der Waals surface area (Å²) in [6, 6.07) is 54.7. The highest BCUT2D eigenvalue weighted by atomic mass is 16.8. The number of hydrogen-bond acceptors (Lipinski definition) is 27. The van der Waals surface area contributed by atoms with Crippen molar-refractivity contribution in [2.75, 3.05) is 33.0 Å². The van der Waals surface area contributed by atoms with Gasteiger partial charge in [0.25, 0.3) is 0 Å². The molecule has 3 heterocycles. The van der Waals surface area contributed by atoms with Crippen LogP contribution < -0.4 is 5.32 Å². The summed E-state index contributed by atoms with van der Waals surface area (Å²) in [7, 11) is 0. The summed E-state index contributed by atoms with van der Waals surface area (Å²) in [6.07, 6.45) is -29.5. The third-order valence-electron chi connectivity index (χ3n) is 17.9. The van der Waals surface area contributed by atoms with Crippen molar-refractivity contribution in [2.45, 2.75) is 167 Å². The van der Waals surface area contributed by atoms with Gasteiger partial charge in [-0.2, -0.15) is 0 Å². The highest BCUT2D eigenvalue weighted by Gasteiger charge is 2.61. The Kier molecular flexibility index (Phi) is 29.5. The Hall–Kier alpha value is -11.2. The molecule has 10 rings (SSSR count). The van der Waals surface area contributed by atoms with E-state index in [1.165, 1.54) is 97.1 Å². The summed E-state index contributed by atoms with van der Waals surface area (Å²) in [6.45, 7) is 11.1. The quantitative estimate of drug-likeness (QED) is 0.0225. The van der Waals surface area contributed by atoms with E-state index < -0.39 is 188 Å². The van der Waals surface area contributed by atoms with E-state index in [1.54, 1.807) is 172 Å². The molecule has 3 aliphatic heterocycles. The minimum absolute atomic E-state index is 0.000492. The number of hydrogen-bond donors (Lipinski definition) is 2. The zero-order chi connectivity index (χ0) is 81.7.